The third-order valence-corrected chi connectivity index (χ3v) is 6.07. The number of piperidine rings is 1. The van der Waals surface area contributed by atoms with Gasteiger partial charge in [-0.2, -0.15) is 0 Å². The Hall–Kier alpha value is -2.60. The Morgan fingerprint density at radius 2 is 1.62 bits per heavy atom. The summed E-state index contributed by atoms with van der Waals surface area (Å²) in [7, 11) is 0. The van der Waals surface area contributed by atoms with Crippen molar-refractivity contribution in [1.29, 1.82) is 0 Å². The standard InChI is InChI=1S/C23H31N5O/c1-19(26-15-17-28(18-16-26)22-7-3-4-12-24-22)23(29)25-20-8-10-21(11-9-20)27-13-5-2-6-14-27/h3-4,7-12,19H,2,5-6,13-18H2,1H3,(H,25,29)/t19-/m0/s1. The van der Waals surface area contributed by atoms with E-state index < -0.39 is 0 Å². The van der Waals surface area contributed by atoms with Crippen LogP contribution in [0.15, 0.2) is 48.7 Å². The first-order chi connectivity index (χ1) is 14.2. The zero-order valence-corrected chi connectivity index (χ0v) is 17.3. The van der Waals surface area contributed by atoms with Crippen molar-refractivity contribution in [3.63, 3.8) is 0 Å². The number of pyridine rings is 1. The predicted molar refractivity (Wildman–Crippen MR) is 119 cm³/mol. The number of amides is 1. The molecule has 4 rings (SSSR count). The number of carbonyl (C=O) groups excluding carboxylic acids is 1. The monoisotopic (exact) mass is 393 g/mol. The van der Waals surface area contributed by atoms with Gasteiger partial charge in [-0.25, -0.2) is 4.98 Å². The number of hydrogen-bond donors (Lipinski definition) is 1. The molecule has 29 heavy (non-hydrogen) atoms. The predicted octanol–water partition coefficient (Wildman–Crippen LogP) is 3.22. The zero-order valence-electron chi connectivity index (χ0n) is 17.3. The molecule has 1 amide bonds. The van der Waals surface area contributed by atoms with E-state index in [1.807, 2.05) is 43.5 Å². The Kier molecular flexibility index (Phi) is 6.30. The quantitative estimate of drug-likeness (QED) is 0.845. The fraction of sp³-hybridized carbons (Fsp3) is 0.478. The fourth-order valence-corrected chi connectivity index (χ4v) is 4.20. The van der Waals surface area contributed by atoms with Gasteiger partial charge in [0.25, 0.3) is 0 Å². The summed E-state index contributed by atoms with van der Waals surface area (Å²) in [5, 5.41) is 3.09. The van der Waals surface area contributed by atoms with Gasteiger partial charge in [0.15, 0.2) is 0 Å². The van der Waals surface area contributed by atoms with E-state index in [4.69, 9.17) is 0 Å². The topological polar surface area (TPSA) is 51.7 Å². The molecular formula is C23H31N5O. The number of piperazine rings is 1. The number of anilines is 3. The van der Waals surface area contributed by atoms with Crippen molar-refractivity contribution in [1.82, 2.24) is 9.88 Å². The SMILES string of the molecule is C[C@@H](C(=O)Nc1ccc(N2CCCCC2)cc1)N1CCN(c2ccccn2)CC1. The van der Waals surface area contributed by atoms with Crippen LogP contribution in [-0.4, -0.2) is 61.1 Å². The normalized spacial score (nSPS) is 19.1. The molecule has 3 heterocycles. The highest BCUT2D eigenvalue weighted by Gasteiger charge is 2.26. The van der Waals surface area contributed by atoms with Crippen LogP contribution in [0.2, 0.25) is 0 Å². The van der Waals surface area contributed by atoms with Crippen molar-refractivity contribution in [3.05, 3.63) is 48.7 Å². The molecule has 2 fully saturated rings. The molecule has 0 bridgehead atoms. The smallest absolute Gasteiger partial charge is 0.241 e. The highest BCUT2D eigenvalue weighted by atomic mass is 16.2. The van der Waals surface area contributed by atoms with Gasteiger partial charge in [-0.3, -0.25) is 9.69 Å². The van der Waals surface area contributed by atoms with Crippen molar-refractivity contribution >= 4 is 23.1 Å². The molecule has 2 aliphatic heterocycles. The van der Waals surface area contributed by atoms with E-state index in [2.05, 4.69) is 37.1 Å². The summed E-state index contributed by atoms with van der Waals surface area (Å²) in [6.45, 7) is 7.75. The van der Waals surface area contributed by atoms with Crippen LogP contribution in [0.1, 0.15) is 26.2 Å². The van der Waals surface area contributed by atoms with E-state index in [-0.39, 0.29) is 11.9 Å². The van der Waals surface area contributed by atoms with Crippen LogP contribution in [0.4, 0.5) is 17.2 Å². The Morgan fingerprint density at radius 1 is 0.897 bits per heavy atom. The third kappa shape index (κ3) is 4.88. The second kappa shape index (κ2) is 9.27. The first-order valence-electron chi connectivity index (χ1n) is 10.8. The number of nitrogens with one attached hydrogen (secondary N) is 1. The van der Waals surface area contributed by atoms with Gasteiger partial charge in [0.1, 0.15) is 5.82 Å². The van der Waals surface area contributed by atoms with E-state index >= 15 is 0 Å². The maximum Gasteiger partial charge on any atom is 0.241 e. The lowest BCUT2D eigenvalue weighted by Gasteiger charge is -2.38. The molecule has 0 aliphatic carbocycles. The van der Waals surface area contributed by atoms with Gasteiger partial charge in [-0.15, -0.1) is 0 Å². The van der Waals surface area contributed by atoms with Gasteiger partial charge in [-0.1, -0.05) is 6.07 Å². The first-order valence-corrected chi connectivity index (χ1v) is 10.8. The summed E-state index contributed by atoms with van der Waals surface area (Å²) in [6.07, 6.45) is 5.69. The molecule has 154 valence electrons. The number of aromatic nitrogens is 1. The molecule has 0 saturated carbocycles. The molecule has 1 aromatic heterocycles. The van der Waals surface area contributed by atoms with Crippen LogP contribution in [0.25, 0.3) is 0 Å². The average Bonchev–Trinajstić information content (AvgIpc) is 2.80. The van der Waals surface area contributed by atoms with Crippen LogP contribution in [0, 0.1) is 0 Å². The number of rotatable bonds is 5. The fourth-order valence-electron chi connectivity index (χ4n) is 4.20. The van der Waals surface area contributed by atoms with Crippen molar-refractivity contribution in [2.45, 2.75) is 32.2 Å². The van der Waals surface area contributed by atoms with E-state index in [0.717, 1.165) is 50.8 Å². The molecule has 2 aromatic rings. The molecule has 1 N–H and O–H groups in total. The van der Waals surface area contributed by atoms with Crippen LogP contribution < -0.4 is 15.1 Å². The Morgan fingerprint density at radius 3 is 2.28 bits per heavy atom. The second-order valence-electron chi connectivity index (χ2n) is 7.97. The summed E-state index contributed by atoms with van der Waals surface area (Å²) in [6, 6.07) is 14.1. The lowest BCUT2D eigenvalue weighted by Crippen LogP contribution is -2.53. The highest BCUT2D eigenvalue weighted by molar-refractivity contribution is 5.94. The van der Waals surface area contributed by atoms with Crippen molar-refractivity contribution in [3.8, 4) is 0 Å². The maximum atomic E-state index is 12.8. The lowest BCUT2D eigenvalue weighted by molar-refractivity contribution is -0.120. The highest BCUT2D eigenvalue weighted by Crippen LogP contribution is 2.22. The van der Waals surface area contributed by atoms with E-state index in [9.17, 15) is 4.79 Å². The Labute approximate surface area is 173 Å². The largest absolute Gasteiger partial charge is 0.372 e. The first kappa shape index (κ1) is 19.7. The molecule has 2 aliphatic rings. The van der Waals surface area contributed by atoms with Gasteiger partial charge in [0.05, 0.1) is 6.04 Å². The third-order valence-electron chi connectivity index (χ3n) is 6.07. The van der Waals surface area contributed by atoms with Gasteiger partial charge < -0.3 is 15.1 Å². The number of nitrogens with zero attached hydrogens (tertiary/aromatic N) is 4. The molecule has 6 nitrogen and oxygen atoms in total. The summed E-state index contributed by atoms with van der Waals surface area (Å²) in [5.41, 5.74) is 2.12. The molecule has 1 atom stereocenters. The van der Waals surface area contributed by atoms with Crippen LogP contribution in [0.3, 0.4) is 0 Å². The van der Waals surface area contributed by atoms with E-state index in [1.54, 1.807) is 0 Å². The summed E-state index contributed by atoms with van der Waals surface area (Å²) >= 11 is 0. The maximum absolute atomic E-state index is 12.8. The van der Waals surface area contributed by atoms with Crippen LogP contribution >= 0.6 is 0 Å². The summed E-state index contributed by atoms with van der Waals surface area (Å²) in [4.78, 5) is 24.1. The zero-order chi connectivity index (χ0) is 20.1. The second-order valence-corrected chi connectivity index (χ2v) is 7.97. The molecule has 2 saturated heterocycles. The van der Waals surface area contributed by atoms with Crippen molar-refractivity contribution in [2.24, 2.45) is 0 Å². The summed E-state index contributed by atoms with van der Waals surface area (Å²) < 4.78 is 0. The van der Waals surface area contributed by atoms with Crippen LogP contribution in [-0.2, 0) is 4.79 Å². The van der Waals surface area contributed by atoms with E-state index in [1.165, 1.54) is 24.9 Å². The van der Waals surface area contributed by atoms with Crippen molar-refractivity contribution < 1.29 is 4.79 Å². The van der Waals surface area contributed by atoms with Gasteiger partial charge in [0.2, 0.25) is 5.91 Å². The molecule has 1 aromatic carbocycles. The lowest BCUT2D eigenvalue weighted by atomic mass is 10.1. The molecule has 0 spiro atoms. The minimum atomic E-state index is -0.150. The van der Waals surface area contributed by atoms with E-state index in [0.29, 0.717) is 0 Å². The van der Waals surface area contributed by atoms with Crippen LogP contribution in [0.5, 0.6) is 0 Å². The van der Waals surface area contributed by atoms with Gasteiger partial charge >= 0.3 is 0 Å². The average molecular weight is 394 g/mol. The van der Waals surface area contributed by atoms with Gasteiger partial charge in [0, 0.05) is 56.8 Å². The Bertz CT molecular complexity index is 781. The number of benzene rings is 1. The summed E-state index contributed by atoms with van der Waals surface area (Å²) in [5.74, 6) is 1.07. The molecule has 0 unspecified atom stereocenters. The number of hydrogen-bond acceptors (Lipinski definition) is 5. The molecule has 6 heteroatoms. The minimum Gasteiger partial charge on any atom is -0.372 e. The number of carbonyl (C=O) groups is 1. The molecular weight excluding hydrogens is 362 g/mol. The Balaban J connectivity index is 1.28. The van der Waals surface area contributed by atoms with Gasteiger partial charge in [-0.05, 0) is 62.6 Å². The minimum absolute atomic E-state index is 0.0574. The van der Waals surface area contributed by atoms with Crippen molar-refractivity contribution in [2.75, 3.05) is 54.4 Å². The molecule has 0 radical (unpaired) electrons.